The quantitative estimate of drug-likeness (QED) is 0.397. The van der Waals surface area contributed by atoms with Crippen molar-refractivity contribution < 1.29 is 8.42 Å². The third-order valence-electron chi connectivity index (χ3n) is 3.91. The molecule has 5 nitrogen and oxygen atoms in total. The smallest absolute Gasteiger partial charge is 0.188 e. The summed E-state index contributed by atoms with van der Waals surface area (Å²) in [6, 6.07) is 0. The second-order valence-corrected chi connectivity index (χ2v) is 8.09. The SMILES string of the molecule is CS(=O)(=O)CC1(CN=C(N)NCC2CCC2)CC1.I. The third-order valence-corrected chi connectivity index (χ3v) is 5.04. The Kier molecular flexibility index (Phi) is 5.91. The highest BCUT2D eigenvalue weighted by atomic mass is 127. The van der Waals surface area contributed by atoms with Gasteiger partial charge in [0.05, 0.1) is 5.75 Å². The van der Waals surface area contributed by atoms with Crippen LogP contribution in [0.25, 0.3) is 0 Å². The average Bonchev–Trinajstić information content (AvgIpc) is 2.90. The van der Waals surface area contributed by atoms with Crippen molar-refractivity contribution in [2.45, 2.75) is 32.1 Å². The summed E-state index contributed by atoms with van der Waals surface area (Å²) in [6.07, 6.45) is 7.05. The van der Waals surface area contributed by atoms with E-state index >= 15 is 0 Å². The van der Waals surface area contributed by atoms with Gasteiger partial charge in [-0.25, -0.2) is 8.42 Å². The molecule has 2 aliphatic rings. The zero-order valence-electron chi connectivity index (χ0n) is 11.4. The molecule has 7 heteroatoms. The van der Waals surface area contributed by atoms with E-state index in [0.29, 0.717) is 12.5 Å². The van der Waals surface area contributed by atoms with Crippen molar-refractivity contribution >= 4 is 39.8 Å². The lowest BCUT2D eigenvalue weighted by Crippen LogP contribution is -2.37. The van der Waals surface area contributed by atoms with E-state index in [-0.39, 0.29) is 35.1 Å². The molecule has 2 saturated carbocycles. The lowest BCUT2D eigenvalue weighted by atomic mass is 9.85. The van der Waals surface area contributed by atoms with Gasteiger partial charge in [-0.15, -0.1) is 24.0 Å². The number of aliphatic imine (C=N–C) groups is 1. The summed E-state index contributed by atoms with van der Waals surface area (Å²) in [5.41, 5.74) is 5.66. The molecule has 0 aliphatic heterocycles. The minimum absolute atomic E-state index is 0. The molecule has 0 aromatic carbocycles. The van der Waals surface area contributed by atoms with Gasteiger partial charge in [0, 0.05) is 24.8 Å². The first-order valence-corrected chi connectivity index (χ1v) is 8.66. The minimum atomic E-state index is -2.92. The second kappa shape index (κ2) is 6.60. The summed E-state index contributed by atoms with van der Waals surface area (Å²) < 4.78 is 22.6. The standard InChI is InChI=1S/C12H23N3O2S.HI/c1-18(16,17)9-12(5-6-12)8-15-11(13)14-7-10-3-2-4-10;/h10H,2-9H2,1H3,(H3,13,14,15);1H. The molecule has 0 amide bonds. The number of hydrogen-bond donors (Lipinski definition) is 2. The molecule has 19 heavy (non-hydrogen) atoms. The van der Waals surface area contributed by atoms with Crippen LogP contribution in [0.15, 0.2) is 4.99 Å². The topological polar surface area (TPSA) is 84.5 Å². The highest BCUT2D eigenvalue weighted by Gasteiger charge is 2.45. The average molecular weight is 401 g/mol. The number of hydrogen-bond acceptors (Lipinski definition) is 3. The predicted octanol–water partition coefficient (Wildman–Crippen LogP) is 1.13. The first-order valence-electron chi connectivity index (χ1n) is 6.60. The van der Waals surface area contributed by atoms with Crippen LogP contribution in [0.2, 0.25) is 0 Å². The Morgan fingerprint density at radius 2 is 2.05 bits per heavy atom. The molecule has 0 saturated heterocycles. The van der Waals surface area contributed by atoms with Crippen molar-refractivity contribution in [3.8, 4) is 0 Å². The van der Waals surface area contributed by atoms with Gasteiger partial charge >= 0.3 is 0 Å². The molecule has 0 bridgehead atoms. The molecule has 2 rings (SSSR count). The van der Waals surface area contributed by atoms with E-state index in [1.807, 2.05) is 0 Å². The summed E-state index contributed by atoms with van der Waals surface area (Å²) in [6.45, 7) is 1.43. The largest absolute Gasteiger partial charge is 0.370 e. The van der Waals surface area contributed by atoms with Gasteiger partial charge in [-0.3, -0.25) is 4.99 Å². The molecular weight excluding hydrogens is 377 g/mol. The number of sulfone groups is 1. The van der Waals surface area contributed by atoms with Crippen molar-refractivity contribution in [1.29, 1.82) is 0 Å². The number of halogens is 1. The van der Waals surface area contributed by atoms with Crippen molar-refractivity contribution in [3.05, 3.63) is 0 Å². The Hall–Kier alpha value is -0.0500. The number of nitrogens with zero attached hydrogens (tertiary/aromatic N) is 1. The van der Waals surface area contributed by atoms with Gasteiger partial charge in [-0.05, 0) is 31.6 Å². The first-order chi connectivity index (χ1) is 8.39. The molecule has 0 atom stereocenters. The Labute approximate surface area is 132 Å². The number of guanidine groups is 1. The maximum Gasteiger partial charge on any atom is 0.188 e. The summed E-state index contributed by atoms with van der Waals surface area (Å²) in [7, 11) is -2.92. The van der Waals surface area contributed by atoms with E-state index in [1.165, 1.54) is 25.5 Å². The van der Waals surface area contributed by atoms with E-state index < -0.39 is 9.84 Å². The number of nitrogens with one attached hydrogen (secondary N) is 1. The number of nitrogens with two attached hydrogens (primary N) is 1. The Bertz CT molecular complexity index is 428. The van der Waals surface area contributed by atoms with Crippen LogP contribution in [0.3, 0.4) is 0 Å². The maximum absolute atomic E-state index is 11.3. The molecular formula is C12H24IN3O2S. The van der Waals surface area contributed by atoms with Crippen molar-refractivity contribution in [2.75, 3.05) is 25.1 Å². The van der Waals surface area contributed by atoms with E-state index in [4.69, 9.17) is 5.73 Å². The van der Waals surface area contributed by atoms with Crippen molar-refractivity contribution in [3.63, 3.8) is 0 Å². The summed E-state index contributed by atoms with van der Waals surface area (Å²) in [5, 5.41) is 3.13. The monoisotopic (exact) mass is 401 g/mol. The van der Waals surface area contributed by atoms with Gasteiger partial charge in [-0.2, -0.15) is 0 Å². The fourth-order valence-corrected chi connectivity index (χ4v) is 3.83. The minimum Gasteiger partial charge on any atom is -0.370 e. The maximum atomic E-state index is 11.3. The van der Waals surface area contributed by atoms with E-state index in [2.05, 4.69) is 10.3 Å². The van der Waals surface area contributed by atoms with Crippen LogP contribution in [0.1, 0.15) is 32.1 Å². The number of rotatable bonds is 6. The third kappa shape index (κ3) is 5.85. The van der Waals surface area contributed by atoms with Crippen LogP contribution in [-0.2, 0) is 9.84 Å². The highest BCUT2D eigenvalue weighted by molar-refractivity contribution is 14.0. The van der Waals surface area contributed by atoms with Gasteiger partial charge in [0.2, 0.25) is 0 Å². The molecule has 2 fully saturated rings. The molecule has 2 aliphatic carbocycles. The molecule has 0 heterocycles. The molecule has 0 aromatic heterocycles. The fourth-order valence-electron chi connectivity index (χ4n) is 2.34. The Balaban J connectivity index is 0.00000180. The summed E-state index contributed by atoms with van der Waals surface area (Å²) >= 11 is 0. The Morgan fingerprint density at radius 3 is 2.47 bits per heavy atom. The molecule has 112 valence electrons. The van der Waals surface area contributed by atoms with Gasteiger partial charge in [-0.1, -0.05) is 6.42 Å². The fraction of sp³-hybridized carbons (Fsp3) is 0.917. The second-order valence-electron chi connectivity index (χ2n) is 5.95. The predicted molar refractivity (Wildman–Crippen MR) is 88.6 cm³/mol. The van der Waals surface area contributed by atoms with E-state index in [1.54, 1.807) is 0 Å². The lowest BCUT2D eigenvalue weighted by Gasteiger charge is -2.25. The first kappa shape index (κ1) is 17.0. The molecule has 0 aromatic rings. The van der Waals surface area contributed by atoms with E-state index in [0.717, 1.165) is 25.3 Å². The molecule has 0 unspecified atom stereocenters. The van der Waals surface area contributed by atoms with Crippen LogP contribution in [0, 0.1) is 11.3 Å². The molecule has 0 radical (unpaired) electrons. The Morgan fingerprint density at radius 1 is 1.42 bits per heavy atom. The summed E-state index contributed by atoms with van der Waals surface area (Å²) in [5.74, 6) is 1.44. The summed E-state index contributed by atoms with van der Waals surface area (Å²) in [4.78, 5) is 4.29. The zero-order valence-corrected chi connectivity index (χ0v) is 14.5. The van der Waals surface area contributed by atoms with Crippen LogP contribution >= 0.6 is 24.0 Å². The van der Waals surface area contributed by atoms with Crippen LogP contribution < -0.4 is 11.1 Å². The highest BCUT2D eigenvalue weighted by Crippen LogP contribution is 2.46. The van der Waals surface area contributed by atoms with Crippen molar-refractivity contribution in [2.24, 2.45) is 22.1 Å². The van der Waals surface area contributed by atoms with Crippen LogP contribution in [0.5, 0.6) is 0 Å². The van der Waals surface area contributed by atoms with Crippen LogP contribution in [-0.4, -0.2) is 39.5 Å². The van der Waals surface area contributed by atoms with Gasteiger partial charge in [0.25, 0.3) is 0 Å². The van der Waals surface area contributed by atoms with Gasteiger partial charge in [0.1, 0.15) is 9.84 Å². The van der Waals surface area contributed by atoms with Crippen LogP contribution in [0.4, 0.5) is 0 Å². The van der Waals surface area contributed by atoms with Gasteiger partial charge < -0.3 is 11.1 Å². The van der Waals surface area contributed by atoms with E-state index in [9.17, 15) is 8.42 Å². The lowest BCUT2D eigenvalue weighted by molar-refractivity contribution is 0.315. The zero-order chi connectivity index (χ0) is 13.2. The molecule has 0 spiro atoms. The van der Waals surface area contributed by atoms with Crippen molar-refractivity contribution in [1.82, 2.24) is 5.32 Å². The van der Waals surface area contributed by atoms with Gasteiger partial charge in [0.15, 0.2) is 5.96 Å². The molecule has 3 N–H and O–H groups in total. The normalized spacial score (nSPS) is 22.3.